The van der Waals surface area contributed by atoms with E-state index in [1.807, 2.05) is 5.43 Å². The van der Waals surface area contributed by atoms with Crippen LogP contribution in [-0.2, 0) is 5.72 Å². The summed E-state index contributed by atoms with van der Waals surface area (Å²) in [6, 6.07) is 9.18. The van der Waals surface area contributed by atoms with E-state index in [-0.39, 0.29) is 11.1 Å². The van der Waals surface area contributed by atoms with Crippen LogP contribution in [-0.4, -0.2) is 27.3 Å². The van der Waals surface area contributed by atoms with Gasteiger partial charge in [-0.3, -0.25) is 10.2 Å². The van der Waals surface area contributed by atoms with E-state index in [2.05, 4.69) is 0 Å². The van der Waals surface area contributed by atoms with Crippen molar-refractivity contribution in [3.63, 3.8) is 0 Å². The number of alkyl halides is 3. The zero-order valence-electron chi connectivity index (χ0n) is 13.0. The van der Waals surface area contributed by atoms with Crippen LogP contribution in [0.5, 0.6) is 5.75 Å². The van der Waals surface area contributed by atoms with Crippen LogP contribution in [0, 0.1) is 5.82 Å². The van der Waals surface area contributed by atoms with E-state index >= 15 is 0 Å². The fraction of sp³-hybridized carbons (Fsp3) is 0.118. The standard InChI is InChI=1S/C17H12F4N2O3/c18-11-7-5-10(6-8-11)16(26)9-14(17(19,20)21)22-23(16)15(25)12-3-1-2-4-13(12)24/h1-9,22,24,26H. The molecule has 26 heavy (non-hydrogen) atoms. The molecule has 1 heterocycles. The summed E-state index contributed by atoms with van der Waals surface area (Å²) in [6.45, 7) is 0. The van der Waals surface area contributed by atoms with E-state index < -0.39 is 35.1 Å². The molecule has 1 atom stereocenters. The molecule has 3 N–H and O–H groups in total. The molecule has 0 saturated carbocycles. The smallest absolute Gasteiger partial charge is 0.432 e. The Morgan fingerprint density at radius 2 is 1.69 bits per heavy atom. The first kappa shape index (κ1) is 17.7. The Bertz CT molecular complexity index is 880. The first-order chi connectivity index (χ1) is 12.1. The third kappa shape index (κ3) is 2.97. The molecular weight excluding hydrogens is 356 g/mol. The van der Waals surface area contributed by atoms with E-state index in [1.165, 1.54) is 24.3 Å². The summed E-state index contributed by atoms with van der Waals surface area (Å²) in [6.07, 6.45) is -4.46. The molecule has 1 aliphatic rings. The minimum Gasteiger partial charge on any atom is -0.507 e. The Labute approximate surface area is 144 Å². The Morgan fingerprint density at radius 1 is 1.08 bits per heavy atom. The van der Waals surface area contributed by atoms with Crippen LogP contribution < -0.4 is 5.43 Å². The zero-order valence-corrected chi connectivity index (χ0v) is 13.0. The number of carbonyl (C=O) groups is 1. The highest BCUT2D eigenvalue weighted by atomic mass is 19.4. The predicted octanol–water partition coefficient (Wildman–Crippen LogP) is 2.78. The number of hydrogen-bond donors (Lipinski definition) is 3. The maximum Gasteiger partial charge on any atom is 0.432 e. The number of nitrogens with one attached hydrogen (secondary N) is 1. The molecule has 0 aliphatic carbocycles. The molecule has 9 heteroatoms. The van der Waals surface area contributed by atoms with E-state index in [4.69, 9.17) is 0 Å². The number of aliphatic hydroxyl groups is 1. The monoisotopic (exact) mass is 368 g/mol. The summed E-state index contributed by atoms with van der Waals surface area (Å²) in [4.78, 5) is 12.7. The molecule has 5 nitrogen and oxygen atoms in total. The molecule has 0 spiro atoms. The number of benzene rings is 2. The second kappa shape index (κ2) is 6.03. The highest BCUT2D eigenvalue weighted by Crippen LogP contribution is 2.39. The molecule has 0 radical (unpaired) electrons. The third-order valence-electron chi connectivity index (χ3n) is 3.83. The number of phenols is 1. The molecule has 0 aromatic heterocycles. The highest BCUT2D eigenvalue weighted by molar-refractivity contribution is 5.97. The zero-order chi connectivity index (χ0) is 19.1. The van der Waals surface area contributed by atoms with Crippen LogP contribution in [0.2, 0.25) is 0 Å². The van der Waals surface area contributed by atoms with Gasteiger partial charge in [0.15, 0.2) is 0 Å². The van der Waals surface area contributed by atoms with E-state index in [0.29, 0.717) is 11.1 Å². The van der Waals surface area contributed by atoms with Gasteiger partial charge in [-0.1, -0.05) is 24.3 Å². The molecule has 0 saturated heterocycles. The molecular formula is C17H12F4N2O3. The lowest BCUT2D eigenvalue weighted by molar-refractivity contribution is -0.104. The number of amides is 1. The van der Waals surface area contributed by atoms with Crippen molar-refractivity contribution in [3.05, 3.63) is 77.2 Å². The molecule has 0 fully saturated rings. The molecule has 3 rings (SSSR count). The van der Waals surface area contributed by atoms with Gasteiger partial charge < -0.3 is 10.2 Å². The van der Waals surface area contributed by atoms with Crippen molar-refractivity contribution >= 4 is 5.91 Å². The third-order valence-corrected chi connectivity index (χ3v) is 3.83. The molecule has 2 aromatic carbocycles. The number of hydrogen-bond acceptors (Lipinski definition) is 4. The largest absolute Gasteiger partial charge is 0.507 e. The van der Waals surface area contributed by atoms with Gasteiger partial charge in [-0.2, -0.15) is 13.2 Å². The number of phenolic OH excluding ortho intramolecular Hbond substituents is 1. The normalized spacial score (nSPS) is 19.9. The second-order valence-electron chi connectivity index (χ2n) is 5.56. The number of nitrogens with zero attached hydrogens (tertiary/aromatic N) is 1. The van der Waals surface area contributed by atoms with Crippen molar-refractivity contribution in [1.82, 2.24) is 10.4 Å². The van der Waals surface area contributed by atoms with Crippen LogP contribution in [0.1, 0.15) is 15.9 Å². The Morgan fingerprint density at radius 3 is 2.27 bits per heavy atom. The van der Waals surface area contributed by atoms with Crippen LogP contribution in [0.15, 0.2) is 60.3 Å². The van der Waals surface area contributed by atoms with Crippen molar-refractivity contribution in [1.29, 1.82) is 0 Å². The van der Waals surface area contributed by atoms with E-state index in [0.717, 1.165) is 24.3 Å². The summed E-state index contributed by atoms with van der Waals surface area (Å²) in [5.41, 5.74) is -2.58. The van der Waals surface area contributed by atoms with Gasteiger partial charge in [0.25, 0.3) is 5.91 Å². The highest BCUT2D eigenvalue weighted by Gasteiger charge is 2.50. The lowest BCUT2D eigenvalue weighted by Gasteiger charge is -2.33. The summed E-state index contributed by atoms with van der Waals surface area (Å²) in [7, 11) is 0. The average Bonchev–Trinajstić information content (AvgIpc) is 2.94. The lowest BCUT2D eigenvalue weighted by atomic mass is 10.0. The SMILES string of the molecule is O=C(c1ccccc1O)N1NC(C(F)(F)F)=CC1(O)c1ccc(F)cc1. The van der Waals surface area contributed by atoms with Gasteiger partial charge in [0.1, 0.15) is 17.3 Å². The first-order valence-electron chi connectivity index (χ1n) is 7.30. The quantitative estimate of drug-likeness (QED) is 0.713. The number of para-hydroxylation sites is 1. The van der Waals surface area contributed by atoms with E-state index in [1.54, 1.807) is 0 Å². The molecule has 0 bridgehead atoms. The summed E-state index contributed by atoms with van der Waals surface area (Å²) < 4.78 is 52.5. The Balaban J connectivity index is 2.10. The van der Waals surface area contributed by atoms with Crippen LogP contribution in [0.25, 0.3) is 0 Å². The molecule has 136 valence electrons. The van der Waals surface area contributed by atoms with Crippen molar-refractivity contribution < 1.29 is 32.6 Å². The number of hydrazine groups is 1. The number of carbonyl (C=O) groups excluding carboxylic acids is 1. The van der Waals surface area contributed by atoms with E-state index in [9.17, 15) is 32.6 Å². The number of halogens is 4. The molecule has 1 unspecified atom stereocenters. The Kier molecular flexibility index (Phi) is 4.11. The van der Waals surface area contributed by atoms with Crippen molar-refractivity contribution in [2.45, 2.75) is 11.9 Å². The fourth-order valence-electron chi connectivity index (χ4n) is 2.54. The molecule has 2 aromatic rings. The van der Waals surface area contributed by atoms with Gasteiger partial charge in [0.2, 0.25) is 5.72 Å². The van der Waals surface area contributed by atoms with Crippen molar-refractivity contribution in [2.75, 3.05) is 0 Å². The van der Waals surface area contributed by atoms with Gasteiger partial charge in [-0.15, -0.1) is 0 Å². The lowest BCUT2D eigenvalue weighted by Crippen LogP contribution is -2.51. The number of allylic oxidation sites excluding steroid dienone is 1. The maximum atomic E-state index is 13.1. The van der Waals surface area contributed by atoms with Gasteiger partial charge in [-0.25, -0.2) is 9.40 Å². The van der Waals surface area contributed by atoms with Crippen molar-refractivity contribution in [2.24, 2.45) is 0 Å². The number of aromatic hydroxyl groups is 1. The van der Waals surface area contributed by atoms with Gasteiger partial charge >= 0.3 is 6.18 Å². The van der Waals surface area contributed by atoms with Gasteiger partial charge in [-0.05, 0) is 24.3 Å². The van der Waals surface area contributed by atoms with Crippen LogP contribution >= 0.6 is 0 Å². The van der Waals surface area contributed by atoms with Gasteiger partial charge in [0.05, 0.1) is 5.56 Å². The topological polar surface area (TPSA) is 72.8 Å². The maximum absolute atomic E-state index is 13.1. The summed E-state index contributed by atoms with van der Waals surface area (Å²) in [5, 5.41) is 21.0. The fourth-order valence-corrected chi connectivity index (χ4v) is 2.54. The average molecular weight is 368 g/mol. The summed E-state index contributed by atoms with van der Waals surface area (Å²) in [5.74, 6) is -2.24. The summed E-state index contributed by atoms with van der Waals surface area (Å²) >= 11 is 0. The molecule has 1 amide bonds. The minimum absolute atomic E-state index is 0.172. The second-order valence-corrected chi connectivity index (χ2v) is 5.56. The van der Waals surface area contributed by atoms with Crippen molar-refractivity contribution in [3.8, 4) is 5.75 Å². The Hall–Kier alpha value is -3.07. The minimum atomic E-state index is -4.87. The number of rotatable bonds is 2. The molecule has 1 aliphatic heterocycles. The van der Waals surface area contributed by atoms with Crippen LogP contribution in [0.3, 0.4) is 0 Å². The van der Waals surface area contributed by atoms with Gasteiger partial charge in [0, 0.05) is 11.6 Å². The van der Waals surface area contributed by atoms with Crippen LogP contribution in [0.4, 0.5) is 17.6 Å². The predicted molar refractivity (Wildman–Crippen MR) is 81.8 cm³/mol. The first-order valence-corrected chi connectivity index (χ1v) is 7.30.